The lowest BCUT2D eigenvalue weighted by Crippen LogP contribution is -2.65. The number of hydrogen-bond donors (Lipinski definition) is 0. The van der Waals surface area contributed by atoms with E-state index < -0.39 is 8.07 Å². The van der Waals surface area contributed by atoms with Crippen LogP contribution in [0.1, 0.15) is 18.4 Å². The molecular weight excluding hydrogens is 352 g/mol. The predicted molar refractivity (Wildman–Crippen MR) is 113 cm³/mol. The highest BCUT2D eigenvalue weighted by molar-refractivity contribution is 7.20. The molecule has 1 aliphatic carbocycles. The molecule has 0 bridgehead atoms. The lowest BCUT2D eigenvalue weighted by atomic mass is 10.00. The maximum absolute atomic E-state index is 6.52. The standard InChI is InChI=1S/C24H17ClSi/c25-16-13-14-20-19-9-3-6-12-23(19)26(24(20)15-16)21-10-4-1-7-17(21)18-8-2-5-11-22(18)26/h1-4,6-10,12-15H,5,11H2. The molecule has 3 aromatic carbocycles. The van der Waals surface area contributed by atoms with Crippen molar-refractivity contribution in [3.63, 3.8) is 0 Å². The van der Waals surface area contributed by atoms with Gasteiger partial charge in [0.15, 0.2) is 8.07 Å². The fourth-order valence-corrected chi connectivity index (χ4v) is 11.6. The number of allylic oxidation sites excluding steroid dienone is 4. The molecule has 2 aliphatic heterocycles. The average Bonchev–Trinajstić information content (AvgIpc) is 3.15. The Balaban J connectivity index is 1.84. The Labute approximate surface area is 159 Å². The van der Waals surface area contributed by atoms with Crippen LogP contribution in [0.4, 0.5) is 0 Å². The van der Waals surface area contributed by atoms with E-state index in [0.717, 1.165) is 17.9 Å². The van der Waals surface area contributed by atoms with Crippen LogP contribution in [0.5, 0.6) is 0 Å². The first-order valence-corrected chi connectivity index (χ1v) is 11.6. The third kappa shape index (κ3) is 1.61. The molecule has 26 heavy (non-hydrogen) atoms. The van der Waals surface area contributed by atoms with E-state index >= 15 is 0 Å². The summed E-state index contributed by atoms with van der Waals surface area (Å²) in [6.07, 6.45) is 7.00. The maximum Gasteiger partial charge on any atom is 0.178 e. The topological polar surface area (TPSA) is 0 Å². The molecule has 124 valence electrons. The summed E-state index contributed by atoms with van der Waals surface area (Å²) in [5.41, 5.74) is 5.70. The molecule has 2 heteroatoms. The molecule has 0 amide bonds. The molecule has 0 N–H and O–H groups in total. The Morgan fingerprint density at radius 2 is 1.42 bits per heavy atom. The SMILES string of the molecule is Clc1ccc2c(c1)[Si]1(C3=C(C=CCC3)c3ccccc31)c1ccccc1-2. The largest absolute Gasteiger partial charge is 0.178 e. The zero-order valence-corrected chi connectivity index (χ0v) is 16.1. The van der Waals surface area contributed by atoms with E-state index in [0.29, 0.717) is 0 Å². The normalized spacial score (nSPS) is 21.6. The average molecular weight is 369 g/mol. The molecule has 1 unspecified atom stereocenters. The summed E-state index contributed by atoms with van der Waals surface area (Å²) in [7, 11) is -2.18. The number of benzene rings is 3. The van der Waals surface area contributed by atoms with E-state index in [2.05, 4.69) is 72.8 Å². The Morgan fingerprint density at radius 1 is 0.731 bits per heavy atom. The van der Waals surface area contributed by atoms with Crippen LogP contribution in [0.3, 0.4) is 0 Å². The van der Waals surface area contributed by atoms with Crippen LogP contribution in [-0.2, 0) is 0 Å². The monoisotopic (exact) mass is 368 g/mol. The van der Waals surface area contributed by atoms with Crippen LogP contribution in [0, 0.1) is 0 Å². The van der Waals surface area contributed by atoms with Gasteiger partial charge in [0.25, 0.3) is 0 Å². The summed E-state index contributed by atoms with van der Waals surface area (Å²) < 4.78 is 0. The lowest BCUT2D eigenvalue weighted by Gasteiger charge is -2.30. The molecular formula is C24H17ClSi. The summed E-state index contributed by atoms with van der Waals surface area (Å²) in [4.78, 5) is 0. The third-order valence-electron chi connectivity index (χ3n) is 6.25. The second-order valence-corrected chi connectivity index (χ2v) is 11.5. The molecule has 3 aliphatic rings. The summed E-state index contributed by atoms with van der Waals surface area (Å²) in [5, 5.41) is 7.10. The van der Waals surface area contributed by atoms with Crippen molar-refractivity contribution in [2.45, 2.75) is 12.8 Å². The highest BCUT2D eigenvalue weighted by Crippen LogP contribution is 2.44. The minimum absolute atomic E-state index is 0.848. The van der Waals surface area contributed by atoms with Gasteiger partial charge in [0.2, 0.25) is 0 Å². The molecule has 0 saturated heterocycles. The minimum atomic E-state index is -2.18. The van der Waals surface area contributed by atoms with Crippen molar-refractivity contribution in [3.8, 4) is 11.1 Å². The van der Waals surface area contributed by atoms with E-state index in [4.69, 9.17) is 11.6 Å². The zero-order chi connectivity index (χ0) is 17.3. The highest BCUT2D eigenvalue weighted by Gasteiger charge is 2.54. The van der Waals surface area contributed by atoms with Crippen molar-refractivity contribution < 1.29 is 0 Å². The van der Waals surface area contributed by atoms with Gasteiger partial charge >= 0.3 is 0 Å². The number of halogens is 1. The van der Waals surface area contributed by atoms with Crippen molar-refractivity contribution in [2.75, 3.05) is 0 Å². The van der Waals surface area contributed by atoms with Gasteiger partial charge < -0.3 is 0 Å². The van der Waals surface area contributed by atoms with Crippen molar-refractivity contribution in [1.82, 2.24) is 0 Å². The van der Waals surface area contributed by atoms with E-state index in [1.165, 1.54) is 27.5 Å². The summed E-state index contributed by atoms with van der Waals surface area (Å²) in [5.74, 6) is 0. The predicted octanol–water partition coefficient (Wildman–Crippen LogP) is 4.45. The number of rotatable bonds is 0. The van der Waals surface area contributed by atoms with Crippen LogP contribution >= 0.6 is 11.6 Å². The van der Waals surface area contributed by atoms with Gasteiger partial charge in [0.05, 0.1) is 0 Å². The first-order valence-electron chi connectivity index (χ1n) is 9.22. The number of fused-ring (bicyclic) bond motifs is 9. The maximum atomic E-state index is 6.52. The van der Waals surface area contributed by atoms with Crippen LogP contribution in [0.15, 0.2) is 84.1 Å². The Bertz CT molecular complexity index is 1150. The molecule has 6 rings (SSSR count). The van der Waals surface area contributed by atoms with E-state index in [1.807, 2.05) is 6.07 Å². The van der Waals surface area contributed by atoms with Crippen LogP contribution < -0.4 is 15.6 Å². The highest BCUT2D eigenvalue weighted by atomic mass is 35.5. The third-order valence-corrected chi connectivity index (χ3v) is 11.6. The van der Waals surface area contributed by atoms with Crippen LogP contribution in [-0.4, -0.2) is 8.07 Å². The van der Waals surface area contributed by atoms with Gasteiger partial charge in [-0.3, -0.25) is 0 Å². The van der Waals surface area contributed by atoms with E-state index in [-0.39, 0.29) is 0 Å². The zero-order valence-electron chi connectivity index (χ0n) is 14.3. The van der Waals surface area contributed by atoms with E-state index in [1.54, 1.807) is 15.6 Å². The molecule has 0 radical (unpaired) electrons. The second kappa shape index (κ2) is 5.09. The minimum Gasteiger partial charge on any atom is -0.0843 e. The molecule has 0 aromatic heterocycles. The van der Waals surface area contributed by atoms with Gasteiger partial charge in [-0.25, -0.2) is 0 Å². The quantitative estimate of drug-likeness (QED) is 0.514. The Kier molecular flexibility index (Phi) is 2.89. The summed E-state index contributed by atoms with van der Waals surface area (Å²) in [6, 6.07) is 24.7. The fourth-order valence-electron chi connectivity index (χ4n) is 5.38. The van der Waals surface area contributed by atoms with Crippen LogP contribution in [0.25, 0.3) is 16.7 Å². The first kappa shape index (κ1) is 14.8. The molecule has 3 aromatic rings. The van der Waals surface area contributed by atoms with E-state index in [9.17, 15) is 0 Å². The molecule has 1 atom stereocenters. The van der Waals surface area contributed by atoms with Gasteiger partial charge in [0, 0.05) is 5.02 Å². The second-order valence-electron chi connectivity index (χ2n) is 7.36. The number of hydrogen-bond acceptors (Lipinski definition) is 0. The van der Waals surface area contributed by atoms with Crippen molar-refractivity contribution in [2.24, 2.45) is 0 Å². The van der Waals surface area contributed by atoms with Crippen LogP contribution in [0.2, 0.25) is 5.02 Å². The Morgan fingerprint density at radius 3 is 2.27 bits per heavy atom. The first-order chi connectivity index (χ1) is 12.8. The van der Waals surface area contributed by atoms with Gasteiger partial charge in [-0.05, 0) is 62.8 Å². The smallest absolute Gasteiger partial charge is 0.0843 e. The van der Waals surface area contributed by atoms with Crippen molar-refractivity contribution in [1.29, 1.82) is 0 Å². The van der Waals surface area contributed by atoms with Gasteiger partial charge in [-0.1, -0.05) is 83.5 Å². The molecule has 1 spiro atoms. The van der Waals surface area contributed by atoms with Gasteiger partial charge in [-0.15, -0.1) is 0 Å². The lowest BCUT2D eigenvalue weighted by molar-refractivity contribution is 1.02. The van der Waals surface area contributed by atoms with Gasteiger partial charge in [0.1, 0.15) is 0 Å². The Hall–Kier alpha value is -2.35. The summed E-state index contributed by atoms with van der Waals surface area (Å²) >= 11 is 6.52. The van der Waals surface area contributed by atoms with Gasteiger partial charge in [-0.2, -0.15) is 0 Å². The van der Waals surface area contributed by atoms with Crippen molar-refractivity contribution in [3.05, 3.63) is 94.7 Å². The molecule has 0 nitrogen and oxygen atoms in total. The fraction of sp³-hybridized carbons (Fsp3) is 0.0833. The summed E-state index contributed by atoms with van der Waals surface area (Å²) in [6.45, 7) is 0. The molecule has 0 fully saturated rings. The molecule has 2 heterocycles. The van der Waals surface area contributed by atoms with Crippen molar-refractivity contribution >= 4 is 40.8 Å². The molecule has 0 saturated carbocycles.